The molecule has 0 fully saturated rings. The zero-order chi connectivity index (χ0) is 13.0. The van der Waals surface area contributed by atoms with Crippen molar-refractivity contribution >= 4 is 27.3 Å². The van der Waals surface area contributed by atoms with Gasteiger partial charge in [0.05, 0.1) is 5.69 Å². The van der Waals surface area contributed by atoms with Gasteiger partial charge in [-0.05, 0) is 32.0 Å². The number of halogens is 1. The third-order valence-electron chi connectivity index (χ3n) is 2.64. The van der Waals surface area contributed by atoms with Crippen molar-refractivity contribution in [1.29, 1.82) is 0 Å². The highest BCUT2D eigenvalue weighted by Gasteiger charge is 2.09. The first-order valence-electron chi connectivity index (χ1n) is 6.13. The zero-order valence-electron chi connectivity index (χ0n) is 10.7. The molecular weight excluding hydrogens is 308 g/mol. The molecule has 1 aromatic carbocycles. The van der Waals surface area contributed by atoms with E-state index in [1.54, 1.807) is 11.3 Å². The fourth-order valence-corrected chi connectivity index (χ4v) is 3.13. The monoisotopic (exact) mass is 324 g/mol. The molecular formula is C14H17BrN2S. The molecule has 0 saturated heterocycles. The molecule has 18 heavy (non-hydrogen) atoms. The van der Waals surface area contributed by atoms with Gasteiger partial charge in [0.2, 0.25) is 0 Å². The normalized spacial score (nSPS) is 10.8. The van der Waals surface area contributed by atoms with Crippen molar-refractivity contribution in [2.45, 2.75) is 26.8 Å². The predicted octanol–water partition coefficient (Wildman–Crippen LogP) is 4.38. The molecule has 0 bridgehead atoms. The SMILES string of the molecule is CCCNCc1nc(-c2cccc(Br)c2)c(C)s1. The van der Waals surface area contributed by atoms with E-state index in [9.17, 15) is 0 Å². The Morgan fingerprint density at radius 3 is 2.94 bits per heavy atom. The van der Waals surface area contributed by atoms with Crippen LogP contribution in [0, 0.1) is 6.92 Å². The molecule has 4 heteroatoms. The van der Waals surface area contributed by atoms with Gasteiger partial charge in [-0.1, -0.05) is 35.0 Å². The summed E-state index contributed by atoms with van der Waals surface area (Å²) in [7, 11) is 0. The highest BCUT2D eigenvalue weighted by Crippen LogP contribution is 2.29. The van der Waals surface area contributed by atoms with Crippen LogP contribution in [0.4, 0.5) is 0 Å². The minimum atomic E-state index is 0.868. The Balaban J connectivity index is 2.18. The van der Waals surface area contributed by atoms with E-state index in [1.165, 1.54) is 10.4 Å². The van der Waals surface area contributed by atoms with Crippen molar-refractivity contribution in [3.05, 3.63) is 38.6 Å². The molecule has 0 atom stereocenters. The second-order valence-corrected chi connectivity index (χ2v) is 6.40. The van der Waals surface area contributed by atoms with Crippen molar-refractivity contribution < 1.29 is 0 Å². The summed E-state index contributed by atoms with van der Waals surface area (Å²) in [6.45, 7) is 6.22. The highest BCUT2D eigenvalue weighted by atomic mass is 79.9. The van der Waals surface area contributed by atoms with Crippen molar-refractivity contribution in [2.75, 3.05) is 6.54 Å². The molecule has 0 radical (unpaired) electrons. The average Bonchev–Trinajstić information content (AvgIpc) is 2.71. The molecule has 96 valence electrons. The molecule has 1 heterocycles. The maximum absolute atomic E-state index is 4.73. The minimum Gasteiger partial charge on any atom is -0.310 e. The van der Waals surface area contributed by atoms with E-state index in [1.807, 2.05) is 12.1 Å². The number of nitrogens with one attached hydrogen (secondary N) is 1. The quantitative estimate of drug-likeness (QED) is 0.825. The summed E-state index contributed by atoms with van der Waals surface area (Å²) in [5.41, 5.74) is 2.29. The third kappa shape index (κ3) is 3.40. The molecule has 1 aromatic heterocycles. The van der Waals surface area contributed by atoms with Gasteiger partial charge >= 0.3 is 0 Å². The number of hydrogen-bond donors (Lipinski definition) is 1. The van der Waals surface area contributed by atoms with E-state index >= 15 is 0 Å². The minimum absolute atomic E-state index is 0.868. The van der Waals surface area contributed by atoms with Crippen LogP contribution in [0.3, 0.4) is 0 Å². The van der Waals surface area contributed by atoms with Gasteiger partial charge in [0.1, 0.15) is 5.01 Å². The summed E-state index contributed by atoms with van der Waals surface area (Å²) in [4.78, 5) is 6.01. The maximum atomic E-state index is 4.73. The van der Waals surface area contributed by atoms with Crippen molar-refractivity contribution in [2.24, 2.45) is 0 Å². The number of nitrogens with zero attached hydrogens (tertiary/aromatic N) is 1. The van der Waals surface area contributed by atoms with E-state index in [-0.39, 0.29) is 0 Å². The first kappa shape index (κ1) is 13.7. The van der Waals surface area contributed by atoms with Gasteiger partial charge in [0, 0.05) is 21.5 Å². The Kier molecular flexibility index (Phi) is 4.92. The summed E-state index contributed by atoms with van der Waals surface area (Å²) >= 11 is 5.28. The topological polar surface area (TPSA) is 24.9 Å². The molecule has 2 nitrogen and oxygen atoms in total. The van der Waals surface area contributed by atoms with Crippen LogP contribution in [-0.2, 0) is 6.54 Å². The Morgan fingerprint density at radius 1 is 1.39 bits per heavy atom. The number of benzene rings is 1. The van der Waals surface area contributed by atoms with Crippen LogP contribution in [0.25, 0.3) is 11.3 Å². The fraction of sp³-hybridized carbons (Fsp3) is 0.357. The number of aryl methyl sites for hydroxylation is 1. The molecule has 0 spiro atoms. The fourth-order valence-electron chi connectivity index (χ4n) is 1.80. The summed E-state index contributed by atoms with van der Waals surface area (Å²) in [5.74, 6) is 0. The first-order chi connectivity index (χ1) is 8.70. The summed E-state index contributed by atoms with van der Waals surface area (Å²) in [6.07, 6.45) is 1.16. The molecule has 0 aliphatic rings. The lowest BCUT2D eigenvalue weighted by Gasteiger charge is -1.99. The summed E-state index contributed by atoms with van der Waals surface area (Å²) in [6, 6.07) is 8.31. The van der Waals surface area contributed by atoms with E-state index in [4.69, 9.17) is 4.98 Å². The maximum Gasteiger partial charge on any atom is 0.107 e. The van der Waals surface area contributed by atoms with Gasteiger partial charge in [-0.2, -0.15) is 0 Å². The molecule has 0 saturated carbocycles. The molecule has 0 unspecified atom stereocenters. The lowest BCUT2D eigenvalue weighted by Crippen LogP contribution is -2.13. The van der Waals surface area contributed by atoms with Crippen LogP contribution in [0.1, 0.15) is 23.2 Å². The van der Waals surface area contributed by atoms with Crippen molar-refractivity contribution in [3.8, 4) is 11.3 Å². The smallest absolute Gasteiger partial charge is 0.107 e. The third-order valence-corrected chi connectivity index (χ3v) is 4.11. The predicted molar refractivity (Wildman–Crippen MR) is 82.0 cm³/mol. The first-order valence-corrected chi connectivity index (χ1v) is 7.74. The molecule has 0 aliphatic heterocycles. The van der Waals surface area contributed by atoms with Crippen LogP contribution < -0.4 is 5.32 Å². The average molecular weight is 325 g/mol. The Hall–Kier alpha value is -0.710. The van der Waals surface area contributed by atoms with Crippen LogP contribution in [0.2, 0.25) is 0 Å². The van der Waals surface area contributed by atoms with E-state index in [0.717, 1.165) is 34.7 Å². The van der Waals surface area contributed by atoms with Gasteiger partial charge in [0.25, 0.3) is 0 Å². The lowest BCUT2D eigenvalue weighted by molar-refractivity contribution is 0.673. The van der Waals surface area contributed by atoms with Crippen LogP contribution >= 0.6 is 27.3 Å². The number of thiazole rings is 1. The van der Waals surface area contributed by atoms with Crippen LogP contribution in [0.5, 0.6) is 0 Å². The second kappa shape index (κ2) is 6.45. The molecule has 0 amide bonds. The Labute approximate surface area is 121 Å². The van der Waals surface area contributed by atoms with Gasteiger partial charge in [-0.3, -0.25) is 0 Å². The van der Waals surface area contributed by atoms with Gasteiger partial charge in [-0.25, -0.2) is 4.98 Å². The largest absolute Gasteiger partial charge is 0.310 e. The highest BCUT2D eigenvalue weighted by molar-refractivity contribution is 9.10. The Bertz CT molecular complexity index is 522. The summed E-state index contributed by atoms with van der Waals surface area (Å²) in [5, 5.41) is 4.56. The van der Waals surface area contributed by atoms with Gasteiger partial charge in [0.15, 0.2) is 0 Å². The van der Waals surface area contributed by atoms with Gasteiger partial charge in [-0.15, -0.1) is 11.3 Å². The molecule has 0 aliphatic carbocycles. The van der Waals surface area contributed by atoms with E-state index in [0.29, 0.717) is 0 Å². The molecule has 1 N–H and O–H groups in total. The standard InChI is InChI=1S/C14H17BrN2S/c1-3-7-16-9-13-17-14(10(2)18-13)11-5-4-6-12(15)8-11/h4-6,8,16H,3,7,9H2,1-2H3. The van der Waals surface area contributed by atoms with Crippen LogP contribution in [0.15, 0.2) is 28.7 Å². The molecule has 2 aromatic rings. The zero-order valence-corrected chi connectivity index (χ0v) is 13.1. The summed E-state index contributed by atoms with van der Waals surface area (Å²) < 4.78 is 1.10. The van der Waals surface area contributed by atoms with Crippen LogP contribution in [-0.4, -0.2) is 11.5 Å². The van der Waals surface area contributed by atoms with Crippen molar-refractivity contribution in [3.63, 3.8) is 0 Å². The van der Waals surface area contributed by atoms with E-state index < -0.39 is 0 Å². The number of rotatable bonds is 5. The van der Waals surface area contributed by atoms with E-state index in [2.05, 4.69) is 47.2 Å². The number of hydrogen-bond acceptors (Lipinski definition) is 3. The van der Waals surface area contributed by atoms with Gasteiger partial charge < -0.3 is 5.32 Å². The number of aromatic nitrogens is 1. The molecule has 2 rings (SSSR count). The lowest BCUT2D eigenvalue weighted by atomic mass is 10.1. The Morgan fingerprint density at radius 2 is 2.22 bits per heavy atom. The second-order valence-electron chi connectivity index (χ2n) is 4.20. The van der Waals surface area contributed by atoms with Crippen molar-refractivity contribution in [1.82, 2.24) is 10.3 Å².